The van der Waals surface area contributed by atoms with Crippen LogP contribution >= 0.6 is 11.3 Å². The fourth-order valence-corrected chi connectivity index (χ4v) is 3.40. The average Bonchev–Trinajstić information content (AvgIpc) is 3.08. The Kier molecular flexibility index (Phi) is 5.92. The van der Waals surface area contributed by atoms with E-state index in [1.165, 1.54) is 18.3 Å². The summed E-state index contributed by atoms with van der Waals surface area (Å²) in [6.45, 7) is 1.37. The first-order valence-corrected chi connectivity index (χ1v) is 9.19. The van der Waals surface area contributed by atoms with Gasteiger partial charge in [-0.05, 0) is 31.2 Å². The lowest BCUT2D eigenvalue weighted by Crippen LogP contribution is -2.32. The number of pyridine rings is 1. The van der Waals surface area contributed by atoms with Crippen molar-refractivity contribution in [2.45, 2.75) is 13.1 Å². The van der Waals surface area contributed by atoms with Crippen molar-refractivity contribution in [2.24, 2.45) is 0 Å². The van der Waals surface area contributed by atoms with Crippen LogP contribution in [0.1, 0.15) is 20.9 Å². The maximum atomic E-state index is 12.7. The topological polar surface area (TPSA) is 84.0 Å². The van der Waals surface area contributed by atoms with E-state index in [0.717, 1.165) is 23.5 Å². The van der Waals surface area contributed by atoms with Gasteiger partial charge < -0.3 is 10.6 Å². The molecule has 0 aliphatic carbocycles. The van der Waals surface area contributed by atoms with Crippen molar-refractivity contribution in [2.75, 3.05) is 11.9 Å². The number of nitrogens with zero attached hydrogens (tertiary/aromatic N) is 2. The Balaban J connectivity index is 1.65. The normalized spacial score (nSPS) is 11.2. The van der Waals surface area contributed by atoms with Gasteiger partial charge in [-0.2, -0.15) is 13.2 Å². The molecule has 0 spiro atoms. The Morgan fingerprint density at radius 1 is 1.14 bits per heavy atom. The summed E-state index contributed by atoms with van der Waals surface area (Å²) >= 11 is 1.04. The lowest BCUT2D eigenvalue weighted by atomic mass is 10.1. The molecule has 0 radical (unpaired) electrons. The van der Waals surface area contributed by atoms with Crippen molar-refractivity contribution in [1.82, 2.24) is 15.3 Å². The van der Waals surface area contributed by atoms with Crippen LogP contribution in [0.4, 0.5) is 18.9 Å². The number of amides is 2. The summed E-state index contributed by atoms with van der Waals surface area (Å²) in [5.74, 6) is -0.907. The minimum absolute atomic E-state index is 0.249. The summed E-state index contributed by atoms with van der Waals surface area (Å²) in [5.41, 5.74) is 0.645. The Morgan fingerprint density at radius 2 is 1.86 bits per heavy atom. The van der Waals surface area contributed by atoms with Crippen molar-refractivity contribution in [3.05, 3.63) is 64.9 Å². The number of nitrogens with one attached hydrogen (secondary N) is 2. The molecule has 0 saturated carbocycles. The Bertz CT molecular complexity index is 1020. The van der Waals surface area contributed by atoms with Crippen molar-refractivity contribution in [3.8, 4) is 10.6 Å². The van der Waals surface area contributed by atoms with E-state index in [4.69, 9.17) is 0 Å². The lowest BCUT2D eigenvalue weighted by molar-refractivity contribution is -0.137. The second kappa shape index (κ2) is 8.39. The number of carbonyl (C=O) groups excluding carboxylic acids is 2. The van der Waals surface area contributed by atoms with Crippen molar-refractivity contribution >= 4 is 28.8 Å². The lowest BCUT2D eigenvalue weighted by Gasteiger charge is -2.06. The number of halogens is 3. The van der Waals surface area contributed by atoms with Gasteiger partial charge in [-0.3, -0.25) is 14.6 Å². The smallest absolute Gasteiger partial charge is 0.342 e. The molecule has 150 valence electrons. The molecule has 2 aromatic heterocycles. The van der Waals surface area contributed by atoms with Crippen LogP contribution in [0.15, 0.2) is 48.8 Å². The number of aromatic nitrogens is 2. The minimum Gasteiger partial charge on any atom is -0.342 e. The third-order valence-electron chi connectivity index (χ3n) is 3.82. The third-order valence-corrected chi connectivity index (χ3v) is 5.02. The van der Waals surface area contributed by atoms with E-state index in [0.29, 0.717) is 22.0 Å². The number of hydrogen-bond donors (Lipinski definition) is 2. The van der Waals surface area contributed by atoms with E-state index in [1.54, 1.807) is 25.3 Å². The molecule has 29 heavy (non-hydrogen) atoms. The number of benzene rings is 1. The maximum absolute atomic E-state index is 12.7. The molecular weight excluding hydrogens is 405 g/mol. The first-order chi connectivity index (χ1) is 13.7. The molecule has 2 amide bonds. The molecule has 0 aliphatic rings. The molecule has 0 unspecified atom stereocenters. The molecule has 3 aromatic rings. The molecule has 1 aromatic carbocycles. The van der Waals surface area contributed by atoms with Gasteiger partial charge in [0.15, 0.2) is 0 Å². The molecule has 0 atom stereocenters. The number of carbonyl (C=O) groups is 2. The molecule has 10 heteroatoms. The molecule has 3 rings (SSSR count). The molecule has 2 N–H and O–H groups in total. The molecule has 0 fully saturated rings. The monoisotopic (exact) mass is 420 g/mol. The van der Waals surface area contributed by atoms with Crippen LogP contribution in [0.2, 0.25) is 0 Å². The summed E-state index contributed by atoms with van der Waals surface area (Å²) in [5, 5.41) is 5.51. The predicted molar refractivity (Wildman–Crippen MR) is 102 cm³/mol. The Labute approximate surface area is 167 Å². The van der Waals surface area contributed by atoms with Gasteiger partial charge in [-0.25, -0.2) is 4.98 Å². The van der Waals surface area contributed by atoms with Crippen LogP contribution in [-0.4, -0.2) is 28.3 Å². The van der Waals surface area contributed by atoms with Crippen LogP contribution in [0.5, 0.6) is 0 Å². The standard InChI is InChI=1S/C19H15F3N4O2S/c1-11-16(17(28)24-10-15(27)26-14-3-2-8-23-9-14)29-18(25-11)12-4-6-13(7-5-12)19(20,21)22/h2-9H,10H2,1H3,(H,24,28)(H,26,27). The first kappa shape index (κ1) is 20.5. The van der Waals surface area contributed by atoms with Gasteiger partial charge in [0.25, 0.3) is 5.91 Å². The molecule has 0 bridgehead atoms. The largest absolute Gasteiger partial charge is 0.416 e. The number of anilines is 1. The number of thiazole rings is 1. The molecule has 0 saturated heterocycles. The summed E-state index contributed by atoms with van der Waals surface area (Å²) in [6.07, 6.45) is -1.37. The van der Waals surface area contributed by atoms with Gasteiger partial charge in [0, 0.05) is 11.8 Å². The van der Waals surface area contributed by atoms with E-state index in [9.17, 15) is 22.8 Å². The molecular formula is C19H15F3N4O2S. The maximum Gasteiger partial charge on any atom is 0.416 e. The highest BCUT2D eigenvalue weighted by Crippen LogP contribution is 2.32. The second-order valence-corrected chi connectivity index (χ2v) is 6.98. The van der Waals surface area contributed by atoms with E-state index in [-0.39, 0.29) is 11.4 Å². The zero-order valence-electron chi connectivity index (χ0n) is 15.1. The summed E-state index contributed by atoms with van der Waals surface area (Å²) in [4.78, 5) is 32.7. The highest BCUT2D eigenvalue weighted by atomic mass is 32.1. The zero-order valence-corrected chi connectivity index (χ0v) is 15.9. The summed E-state index contributed by atoms with van der Waals surface area (Å²) < 4.78 is 38.0. The first-order valence-electron chi connectivity index (χ1n) is 8.37. The number of rotatable bonds is 5. The van der Waals surface area contributed by atoms with Crippen LogP contribution in [-0.2, 0) is 11.0 Å². The van der Waals surface area contributed by atoms with E-state index >= 15 is 0 Å². The predicted octanol–water partition coefficient (Wildman–Crippen LogP) is 3.90. The zero-order chi connectivity index (χ0) is 21.0. The van der Waals surface area contributed by atoms with Gasteiger partial charge >= 0.3 is 6.18 Å². The number of hydrogen-bond acceptors (Lipinski definition) is 5. The highest BCUT2D eigenvalue weighted by Gasteiger charge is 2.30. The van der Waals surface area contributed by atoms with Gasteiger partial charge in [0.2, 0.25) is 5.91 Å². The van der Waals surface area contributed by atoms with Crippen LogP contribution in [0.25, 0.3) is 10.6 Å². The number of aryl methyl sites for hydroxylation is 1. The Hall–Kier alpha value is -3.27. The minimum atomic E-state index is -4.42. The van der Waals surface area contributed by atoms with Gasteiger partial charge in [0.1, 0.15) is 9.88 Å². The van der Waals surface area contributed by atoms with Crippen molar-refractivity contribution in [1.29, 1.82) is 0 Å². The van der Waals surface area contributed by atoms with Crippen LogP contribution in [0, 0.1) is 6.92 Å². The van der Waals surface area contributed by atoms with Gasteiger partial charge in [0.05, 0.1) is 29.7 Å². The fourth-order valence-electron chi connectivity index (χ4n) is 2.42. The molecule has 2 heterocycles. The van der Waals surface area contributed by atoms with E-state index < -0.39 is 23.6 Å². The molecule has 0 aliphatic heterocycles. The third kappa shape index (κ3) is 5.17. The van der Waals surface area contributed by atoms with E-state index in [2.05, 4.69) is 20.6 Å². The van der Waals surface area contributed by atoms with Gasteiger partial charge in [-0.15, -0.1) is 11.3 Å². The average molecular weight is 420 g/mol. The summed E-state index contributed by atoms with van der Waals surface area (Å²) in [6, 6.07) is 7.88. The second-order valence-electron chi connectivity index (χ2n) is 5.98. The van der Waals surface area contributed by atoms with Crippen molar-refractivity contribution < 1.29 is 22.8 Å². The Morgan fingerprint density at radius 3 is 2.48 bits per heavy atom. The van der Waals surface area contributed by atoms with Crippen LogP contribution in [0.3, 0.4) is 0 Å². The van der Waals surface area contributed by atoms with Crippen LogP contribution < -0.4 is 10.6 Å². The number of alkyl halides is 3. The van der Waals surface area contributed by atoms with Gasteiger partial charge in [-0.1, -0.05) is 12.1 Å². The SMILES string of the molecule is Cc1nc(-c2ccc(C(F)(F)F)cc2)sc1C(=O)NCC(=O)Nc1cccnc1. The van der Waals surface area contributed by atoms with E-state index in [1.807, 2.05) is 0 Å². The quantitative estimate of drug-likeness (QED) is 0.656. The highest BCUT2D eigenvalue weighted by molar-refractivity contribution is 7.17. The summed E-state index contributed by atoms with van der Waals surface area (Å²) in [7, 11) is 0. The van der Waals surface area contributed by atoms with Crippen molar-refractivity contribution in [3.63, 3.8) is 0 Å². The fraction of sp³-hybridized carbons (Fsp3) is 0.158. The molecule has 6 nitrogen and oxygen atoms in total.